The molecular weight excluding hydrogens is 636 g/mol. The first kappa shape index (κ1) is 33.2. The zero-order chi connectivity index (χ0) is 33.2. The molecule has 2 aromatic heterocycles. The molecule has 0 saturated carbocycles. The van der Waals surface area contributed by atoms with Gasteiger partial charge in [0.2, 0.25) is 0 Å². The van der Waals surface area contributed by atoms with Gasteiger partial charge in [0.1, 0.15) is 31.1 Å². The molecule has 1 saturated heterocycles. The summed E-state index contributed by atoms with van der Waals surface area (Å²) in [6.07, 6.45) is 6.16. The Bertz CT molecular complexity index is 1770. The highest BCUT2D eigenvalue weighted by Gasteiger charge is 2.58. The minimum Gasteiger partial charge on any atom is -0.493 e. The summed E-state index contributed by atoms with van der Waals surface area (Å²) in [5.74, 6) is -0.922. The Hall–Kier alpha value is -4.12. The van der Waals surface area contributed by atoms with Crippen LogP contribution >= 0.6 is 11.3 Å². The molecule has 2 atom stereocenters. The summed E-state index contributed by atoms with van der Waals surface area (Å²) in [7, 11) is -2.88. The van der Waals surface area contributed by atoms with Crippen LogP contribution < -0.4 is 20.4 Å². The van der Waals surface area contributed by atoms with Gasteiger partial charge in [0, 0.05) is 29.3 Å². The lowest BCUT2D eigenvalue weighted by Crippen LogP contribution is -2.76. The average molecular weight is 674 g/mol. The Kier molecular flexibility index (Phi) is 9.62. The van der Waals surface area contributed by atoms with Gasteiger partial charge in [-0.3, -0.25) is 14.1 Å². The van der Waals surface area contributed by atoms with Crippen molar-refractivity contribution >= 4 is 44.4 Å². The maximum absolute atomic E-state index is 13.3. The highest BCUT2D eigenvalue weighted by molar-refractivity contribution is 7.80. The Morgan fingerprint density at radius 1 is 1.30 bits per heavy atom. The van der Waals surface area contributed by atoms with Crippen molar-refractivity contribution in [1.82, 2.24) is 15.4 Å². The number of nitrogens with two attached hydrogens (primary N) is 1. The third-order valence-corrected chi connectivity index (χ3v) is 8.99. The van der Waals surface area contributed by atoms with Crippen LogP contribution in [0.5, 0.6) is 5.75 Å². The van der Waals surface area contributed by atoms with Crippen LogP contribution in [0.2, 0.25) is 0 Å². The number of fused-ring (bicyclic) bond motifs is 1. The fourth-order valence-corrected chi connectivity index (χ4v) is 6.38. The summed E-state index contributed by atoms with van der Waals surface area (Å²) in [5.41, 5.74) is 8.88. The van der Waals surface area contributed by atoms with E-state index >= 15 is 0 Å². The molecule has 1 aromatic carbocycles. The van der Waals surface area contributed by atoms with Crippen molar-refractivity contribution < 1.29 is 41.0 Å². The van der Waals surface area contributed by atoms with Crippen LogP contribution in [0, 0.1) is 5.92 Å². The van der Waals surface area contributed by atoms with E-state index in [9.17, 15) is 18.0 Å². The third kappa shape index (κ3) is 7.30. The number of nitrogen functional groups attached to an aromatic ring is 1. The molecule has 14 nitrogen and oxygen atoms in total. The van der Waals surface area contributed by atoms with Gasteiger partial charge in [-0.25, -0.2) is 9.55 Å². The van der Waals surface area contributed by atoms with Crippen LogP contribution in [-0.2, 0) is 49.0 Å². The zero-order valence-corrected chi connectivity index (χ0v) is 27.6. The van der Waals surface area contributed by atoms with E-state index in [0.717, 1.165) is 53.0 Å². The number of unbranched alkanes of at least 4 members (excludes halogenated alkanes) is 1. The SMILES string of the molecule is CCCCc1ccc(-c2ccc3c(c2)OC[C@H](CO/N=C(\C(=O)N[C@@H]2C(=O)N(OS(=O)(=O)O)C2(C)C)c2csc(N)n2)C3)c[n+]1C. The maximum atomic E-state index is 13.3. The normalized spacial score (nSPS) is 19.2. The summed E-state index contributed by atoms with van der Waals surface area (Å²) in [6.45, 7) is 5.61. The largest absolute Gasteiger partial charge is 0.493 e. The molecule has 0 aliphatic carbocycles. The summed E-state index contributed by atoms with van der Waals surface area (Å²) in [6, 6.07) is 9.30. The number of nitrogens with zero attached hydrogens (tertiary/aromatic N) is 4. The Labute approximate surface area is 271 Å². The Morgan fingerprint density at radius 2 is 2.07 bits per heavy atom. The van der Waals surface area contributed by atoms with Gasteiger partial charge >= 0.3 is 10.4 Å². The standard InChI is InChI=1S/C30H36N6O8S2/c1-5-6-7-22-11-10-21(14-35(22)4)19-8-9-20-12-18(15-42-24(20)13-19)16-43-34-25(23-17-45-29(31)32-23)27(37)33-26-28(38)36(30(26,2)3)44-46(39,40)41/h8-11,13-14,17-18,26H,5-7,12,15-16H2,1-4H3,(H3-,31,32,33,37,39,40,41)/p+1/b34-25-/t18-,26-/m1/s1. The van der Waals surface area contributed by atoms with E-state index in [-0.39, 0.29) is 29.1 Å². The first-order valence-corrected chi connectivity index (χ1v) is 17.0. The molecule has 4 N–H and O–H groups in total. The highest BCUT2D eigenvalue weighted by Crippen LogP contribution is 2.34. The number of carbonyl (C=O) groups is 2. The van der Waals surface area contributed by atoms with Gasteiger partial charge < -0.3 is 20.6 Å². The summed E-state index contributed by atoms with van der Waals surface area (Å²) in [4.78, 5) is 35.5. The second-order valence-corrected chi connectivity index (χ2v) is 13.7. The molecule has 0 radical (unpaired) electrons. The number of hydroxylamine groups is 2. The van der Waals surface area contributed by atoms with E-state index in [4.69, 9.17) is 19.9 Å². The minimum atomic E-state index is -4.94. The molecule has 46 heavy (non-hydrogen) atoms. The topological polar surface area (TPSA) is 187 Å². The van der Waals surface area contributed by atoms with Crippen LogP contribution in [0.25, 0.3) is 11.1 Å². The molecule has 3 aromatic rings. The van der Waals surface area contributed by atoms with Crippen molar-refractivity contribution in [2.45, 2.75) is 58.0 Å². The van der Waals surface area contributed by atoms with Gasteiger partial charge in [-0.2, -0.15) is 13.5 Å². The summed E-state index contributed by atoms with van der Waals surface area (Å²) in [5, 5.41) is 8.75. The van der Waals surface area contributed by atoms with E-state index in [2.05, 4.69) is 68.7 Å². The molecule has 4 heterocycles. The second-order valence-electron chi connectivity index (χ2n) is 11.8. The third-order valence-electron chi connectivity index (χ3n) is 7.98. The molecule has 1 fully saturated rings. The molecule has 2 amide bonds. The first-order valence-electron chi connectivity index (χ1n) is 14.7. The van der Waals surface area contributed by atoms with Crippen molar-refractivity contribution in [2.75, 3.05) is 18.9 Å². The molecule has 16 heteroatoms. The van der Waals surface area contributed by atoms with Crippen molar-refractivity contribution in [3.63, 3.8) is 0 Å². The van der Waals surface area contributed by atoms with Gasteiger partial charge in [0.15, 0.2) is 22.7 Å². The molecule has 0 bridgehead atoms. The Morgan fingerprint density at radius 3 is 2.72 bits per heavy atom. The van der Waals surface area contributed by atoms with Crippen molar-refractivity contribution in [3.05, 3.63) is 58.9 Å². The van der Waals surface area contributed by atoms with Gasteiger partial charge in [-0.05, 0) is 49.9 Å². The molecule has 2 aliphatic heterocycles. The number of benzene rings is 1. The van der Waals surface area contributed by atoms with E-state index < -0.39 is 33.8 Å². The summed E-state index contributed by atoms with van der Waals surface area (Å²) >= 11 is 1.09. The monoisotopic (exact) mass is 673 g/mol. The number of rotatable bonds is 12. The predicted octanol–water partition coefficient (Wildman–Crippen LogP) is 2.37. The van der Waals surface area contributed by atoms with Crippen LogP contribution in [0.15, 0.2) is 47.1 Å². The molecular formula is C30H37N6O8S2+. The van der Waals surface area contributed by atoms with Crippen molar-refractivity contribution in [3.8, 4) is 16.9 Å². The number of β-lactam (4-membered cyclic amide) rings is 1. The predicted molar refractivity (Wildman–Crippen MR) is 169 cm³/mol. The second kappa shape index (κ2) is 13.3. The number of ether oxygens (including phenoxy) is 1. The lowest BCUT2D eigenvalue weighted by Gasteiger charge is -2.50. The van der Waals surface area contributed by atoms with E-state index in [1.165, 1.54) is 24.9 Å². The minimum absolute atomic E-state index is 0.0548. The smallest absolute Gasteiger partial charge is 0.418 e. The summed E-state index contributed by atoms with van der Waals surface area (Å²) < 4.78 is 43.8. The number of amides is 2. The van der Waals surface area contributed by atoms with E-state index in [1.807, 2.05) is 6.07 Å². The fourth-order valence-electron chi connectivity index (χ4n) is 5.38. The van der Waals surface area contributed by atoms with Crippen LogP contribution in [-0.4, -0.2) is 65.3 Å². The molecule has 5 rings (SSSR count). The van der Waals surface area contributed by atoms with Crippen LogP contribution in [0.3, 0.4) is 0 Å². The number of hydrogen-bond donors (Lipinski definition) is 3. The molecule has 0 unspecified atom stereocenters. The highest BCUT2D eigenvalue weighted by atomic mass is 32.3. The molecule has 246 valence electrons. The number of nitrogens with one attached hydrogen (secondary N) is 1. The maximum Gasteiger partial charge on any atom is 0.418 e. The lowest BCUT2D eigenvalue weighted by molar-refractivity contribution is -0.678. The zero-order valence-electron chi connectivity index (χ0n) is 25.9. The average Bonchev–Trinajstić information content (AvgIpc) is 3.44. The van der Waals surface area contributed by atoms with Crippen LogP contribution in [0.1, 0.15) is 50.6 Å². The van der Waals surface area contributed by atoms with Crippen LogP contribution in [0.4, 0.5) is 5.13 Å². The van der Waals surface area contributed by atoms with Gasteiger partial charge in [-0.1, -0.05) is 30.6 Å². The number of oxime groups is 1. The quantitative estimate of drug-likeness (QED) is 0.0847. The number of hydrogen-bond acceptors (Lipinski definition) is 11. The number of aryl methyl sites for hydroxylation is 2. The number of anilines is 1. The number of thiazole rings is 1. The van der Waals surface area contributed by atoms with E-state index in [0.29, 0.717) is 18.1 Å². The van der Waals surface area contributed by atoms with Crippen molar-refractivity contribution in [2.24, 2.45) is 18.1 Å². The first-order chi connectivity index (χ1) is 21.8. The number of pyridine rings is 1. The van der Waals surface area contributed by atoms with Crippen molar-refractivity contribution in [1.29, 1.82) is 0 Å². The fraction of sp³-hybridized carbons (Fsp3) is 0.433. The Balaban J connectivity index is 1.23. The van der Waals surface area contributed by atoms with Gasteiger partial charge in [0.05, 0.1) is 12.1 Å². The molecule has 2 aliphatic rings. The molecule has 0 spiro atoms. The van der Waals surface area contributed by atoms with Gasteiger partial charge in [-0.15, -0.1) is 15.6 Å². The number of carbonyl (C=O) groups excluding carboxylic acids is 2. The lowest BCUT2D eigenvalue weighted by atomic mass is 9.84. The van der Waals surface area contributed by atoms with Gasteiger partial charge in [0.25, 0.3) is 11.8 Å². The van der Waals surface area contributed by atoms with E-state index in [1.54, 1.807) is 0 Å². The number of aromatic nitrogens is 2.